The van der Waals surface area contributed by atoms with Gasteiger partial charge in [0, 0.05) is 12.1 Å². The molecule has 0 amide bonds. The van der Waals surface area contributed by atoms with Crippen molar-refractivity contribution >= 4 is 5.78 Å². The first kappa shape index (κ1) is 15.2. The Bertz CT molecular complexity index is 738. The van der Waals surface area contributed by atoms with Crippen molar-refractivity contribution < 1.29 is 23.7 Å². The van der Waals surface area contributed by atoms with Gasteiger partial charge in [0.15, 0.2) is 5.78 Å². The number of carbonyl (C=O) groups is 1. The number of hydrogen-bond acceptors (Lipinski definition) is 5. The molecule has 0 spiro atoms. The van der Waals surface area contributed by atoms with Crippen molar-refractivity contribution in [3.63, 3.8) is 0 Å². The molecule has 5 heteroatoms. The average molecular weight is 314 g/mol. The van der Waals surface area contributed by atoms with Gasteiger partial charge in [0.05, 0.1) is 27.8 Å². The average Bonchev–Trinajstić information content (AvgIpc) is 2.60. The third kappa shape index (κ3) is 2.82. The van der Waals surface area contributed by atoms with Crippen molar-refractivity contribution in [1.29, 1.82) is 0 Å². The van der Waals surface area contributed by atoms with Crippen LogP contribution in [0, 0.1) is 0 Å². The Balaban J connectivity index is 2.01. The maximum atomic E-state index is 12.6. The lowest BCUT2D eigenvalue weighted by atomic mass is 9.95. The lowest BCUT2D eigenvalue weighted by molar-refractivity contribution is 0.0844. The second-order valence-corrected chi connectivity index (χ2v) is 5.21. The van der Waals surface area contributed by atoms with Gasteiger partial charge in [0.2, 0.25) is 0 Å². The minimum atomic E-state index is -0.359. The normalized spacial score (nSPS) is 16.3. The molecule has 0 N–H and O–H groups in total. The standard InChI is InChI=1S/C18H18O5/c1-20-12-6-4-5-11(7-12)15-10-14(19)18-16(22-3)8-13(21-2)9-17(18)23-15/h4-9,15H,10H2,1-3H3. The van der Waals surface area contributed by atoms with Gasteiger partial charge in [0.1, 0.15) is 34.7 Å². The first-order chi connectivity index (χ1) is 11.2. The number of Topliss-reactive ketones (excluding diaryl/α,β-unsaturated/α-hetero) is 1. The zero-order valence-electron chi connectivity index (χ0n) is 13.3. The molecule has 0 bridgehead atoms. The molecule has 23 heavy (non-hydrogen) atoms. The van der Waals surface area contributed by atoms with Gasteiger partial charge >= 0.3 is 0 Å². The van der Waals surface area contributed by atoms with Crippen molar-refractivity contribution in [2.45, 2.75) is 12.5 Å². The fourth-order valence-corrected chi connectivity index (χ4v) is 2.71. The number of benzene rings is 2. The molecule has 5 nitrogen and oxygen atoms in total. The second kappa shape index (κ2) is 6.20. The van der Waals surface area contributed by atoms with Crippen LogP contribution in [-0.4, -0.2) is 27.1 Å². The van der Waals surface area contributed by atoms with E-state index in [2.05, 4.69) is 0 Å². The van der Waals surface area contributed by atoms with Crippen LogP contribution in [0.2, 0.25) is 0 Å². The third-order valence-corrected chi connectivity index (χ3v) is 3.88. The number of fused-ring (bicyclic) bond motifs is 1. The Morgan fingerprint density at radius 1 is 1.00 bits per heavy atom. The first-order valence-electron chi connectivity index (χ1n) is 7.26. The molecular formula is C18H18O5. The van der Waals surface area contributed by atoms with Crippen LogP contribution in [0.5, 0.6) is 23.0 Å². The molecule has 1 atom stereocenters. The van der Waals surface area contributed by atoms with E-state index in [1.165, 1.54) is 7.11 Å². The van der Waals surface area contributed by atoms with Crippen molar-refractivity contribution in [2.24, 2.45) is 0 Å². The van der Waals surface area contributed by atoms with Gasteiger partial charge in [0.25, 0.3) is 0 Å². The van der Waals surface area contributed by atoms with Gasteiger partial charge in [-0.3, -0.25) is 4.79 Å². The fraction of sp³-hybridized carbons (Fsp3) is 0.278. The highest BCUT2D eigenvalue weighted by atomic mass is 16.5. The molecule has 0 aliphatic carbocycles. The lowest BCUT2D eigenvalue weighted by Crippen LogP contribution is -2.21. The largest absolute Gasteiger partial charge is 0.497 e. The molecule has 1 aliphatic rings. The quantitative estimate of drug-likeness (QED) is 0.865. The number of rotatable bonds is 4. The van der Waals surface area contributed by atoms with Crippen molar-refractivity contribution in [3.8, 4) is 23.0 Å². The Labute approximate surface area is 134 Å². The molecule has 3 rings (SSSR count). The van der Waals surface area contributed by atoms with E-state index in [0.29, 0.717) is 22.8 Å². The highest BCUT2D eigenvalue weighted by Crippen LogP contribution is 2.42. The van der Waals surface area contributed by atoms with E-state index in [1.807, 2.05) is 24.3 Å². The van der Waals surface area contributed by atoms with Crippen molar-refractivity contribution in [3.05, 3.63) is 47.5 Å². The van der Waals surface area contributed by atoms with Crippen LogP contribution in [0.3, 0.4) is 0 Å². The number of methoxy groups -OCH3 is 3. The van der Waals surface area contributed by atoms with Gasteiger partial charge < -0.3 is 18.9 Å². The number of carbonyl (C=O) groups excluding carboxylic acids is 1. The van der Waals surface area contributed by atoms with E-state index in [0.717, 1.165) is 11.3 Å². The van der Waals surface area contributed by atoms with Crippen LogP contribution in [0.25, 0.3) is 0 Å². The maximum Gasteiger partial charge on any atom is 0.174 e. The topological polar surface area (TPSA) is 54.0 Å². The summed E-state index contributed by atoms with van der Waals surface area (Å²) >= 11 is 0. The van der Waals surface area contributed by atoms with Crippen LogP contribution < -0.4 is 18.9 Å². The Morgan fingerprint density at radius 3 is 2.48 bits per heavy atom. The fourth-order valence-electron chi connectivity index (χ4n) is 2.71. The molecule has 1 unspecified atom stereocenters. The minimum Gasteiger partial charge on any atom is -0.497 e. The van der Waals surface area contributed by atoms with E-state index >= 15 is 0 Å². The van der Waals surface area contributed by atoms with E-state index in [4.69, 9.17) is 18.9 Å². The van der Waals surface area contributed by atoms with Gasteiger partial charge in [-0.25, -0.2) is 0 Å². The Hall–Kier alpha value is -2.69. The minimum absolute atomic E-state index is 0.0152. The van der Waals surface area contributed by atoms with Crippen LogP contribution >= 0.6 is 0 Å². The zero-order valence-corrected chi connectivity index (χ0v) is 13.3. The summed E-state index contributed by atoms with van der Waals surface area (Å²) in [5, 5.41) is 0. The van der Waals surface area contributed by atoms with Crippen molar-refractivity contribution in [1.82, 2.24) is 0 Å². The summed E-state index contributed by atoms with van der Waals surface area (Å²) in [6.45, 7) is 0. The number of ether oxygens (including phenoxy) is 4. The van der Waals surface area contributed by atoms with Gasteiger partial charge in [-0.1, -0.05) is 12.1 Å². The van der Waals surface area contributed by atoms with Crippen LogP contribution in [0.1, 0.15) is 28.4 Å². The number of ketones is 1. The molecule has 0 saturated carbocycles. The molecule has 1 aliphatic heterocycles. The molecule has 0 aromatic heterocycles. The summed E-state index contributed by atoms with van der Waals surface area (Å²) in [5.74, 6) is 2.24. The highest BCUT2D eigenvalue weighted by molar-refractivity contribution is 6.02. The summed E-state index contributed by atoms with van der Waals surface area (Å²) in [6.07, 6.45) is -0.107. The number of hydrogen-bond donors (Lipinski definition) is 0. The maximum absolute atomic E-state index is 12.6. The molecule has 0 fully saturated rings. The van der Waals surface area contributed by atoms with E-state index in [-0.39, 0.29) is 18.3 Å². The molecule has 0 radical (unpaired) electrons. The van der Waals surface area contributed by atoms with E-state index in [9.17, 15) is 4.79 Å². The summed E-state index contributed by atoms with van der Waals surface area (Å²) in [6, 6.07) is 10.9. The zero-order chi connectivity index (χ0) is 16.4. The van der Waals surface area contributed by atoms with Gasteiger partial charge in [-0.05, 0) is 17.7 Å². The van der Waals surface area contributed by atoms with E-state index < -0.39 is 0 Å². The first-order valence-corrected chi connectivity index (χ1v) is 7.26. The smallest absolute Gasteiger partial charge is 0.174 e. The monoisotopic (exact) mass is 314 g/mol. The Morgan fingerprint density at radius 2 is 1.78 bits per heavy atom. The summed E-state index contributed by atoms with van der Waals surface area (Å²) in [7, 11) is 4.69. The second-order valence-electron chi connectivity index (χ2n) is 5.21. The molecule has 0 saturated heterocycles. The molecule has 1 heterocycles. The highest BCUT2D eigenvalue weighted by Gasteiger charge is 2.31. The predicted octanol–water partition coefficient (Wildman–Crippen LogP) is 3.42. The molecule has 2 aromatic carbocycles. The molecule has 2 aromatic rings. The van der Waals surface area contributed by atoms with Crippen LogP contribution in [0.15, 0.2) is 36.4 Å². The van der Waals surface area contributed by atoms with E-state index in [1.54, 1.807) is 26.4 Å². The summed E-state index contributed by atoms with van der Waals surface area (Å²) < 4.78 is 21.8. The van der Waals surface area contributed by atoms with Gasteiger partial charge in [-0.15, -0.1) is 0 Å². The van der Waals surface area contributed by atoms with Crippen LogP contribution in [0.4, 0.5) is 0 Å². The van der Waals surface area contributed by atoms with Crippen LogP contribution in [-0.2, 0) is 0 Å². The van der Waals surface area contributed by atoms with Gasteiger partial charge in [-0.2, -0.15) is 0 Å². The third-order valence-electron chi connectivity index (χ3n) is 3.88. The summed E-state index contributed by atoms with van der Waals surface area (Å²) in [4.78, 5) is 12.6. The summed E-state index contributed by atoms with van der Waals surface area (Å²) in [5.41, 5.74) is 1.36. The SMILES string of the molecule is COc1cccc(C2CC(=O)c3c(OC)cc(OC)cc3O2)c1. The predicted molar refractivity (Wildman–Crippen MR) is 84.9 cm³/mol. The lowest BCUT2D eigenvalue weighted by Gasteiger charge is -2.27. The Kier molecular flexibility index (Phi) is 4.10. The van der Waals surface area contributed by atoms with Crippen molar-refractivity contribution in [2.75, 3.05) is 21.3 Å². The molecular weight excluding hydrogens is 296 g/mol. The molecule has 120 valence electrons.